The van der Waals surface area contributed by atoms with Gasteiger partial charge in [0.05, 0.1) is 23.9 Å². The SMILES string of the molecule is CCCCc1cc(O)ccc1C(=O)[O-].CCCCc1cc(O)ccc1C(=O)[O-].CCCCc1cc(O)ccc1C(=O)[O-].CCCCc1cc(O)ccc1C(=O)[O-].[Ti+4]. The van der Waals surface area contributed by atoms with E-state index in [1.54, 1.807) is 0 Å². The number of carboxylic acids is 4. The minimum absolute atomic E-state index is 0. The molecule has 0 aliphatic rings. The van der Waals surface area contributed by atoms with Gasteiger partial charge in [-0.2, -0.15) is 0 Å². The number of phenolic OH excluding ortho intramolecular Hbond substituents is 4. The second-order valence-electron chi connectivity index (χ2n) is 12.9. The van der Waals surface area contributed by atoms with Crippen LogP contribution in [0, 0.1) is 0 Å². The van der Waals surface area contributed by atoms with Crippen molar-refractivity contribution in [2.75, 3.05) is 0 Å². The normalized spacial score (nSPS) is 9.89. The molecule has 304 valence electrons. The van der Waals surface area contributed by atoms with E-state index in [1.807, 2.05) is 27.7 Å². The first kappa shape index (κ1) is 51.7. The Morgan fingerprint density at radius 3 is 0.702 bits per heavy atom. The molecule has 13 heteroatoms. The zero-order valence-electron chi connectivity index (χ0n) is 33.0. The summed E-state index contributed by atoms with van der Waals surface area (Å²) >= 11 is 0. The molecule has 0 unspecified atom stereocenters. The predicted octanol–water partition coefficient (Wildman–Crippen LogP) is 4.39. The van der Waals surface area contributed by atoms with E-state index in [9.17, 15) is 60.0 Å². The summed E-state index contributed by atoms with van der Waals surface area (Å²) < 4.78 is 0. The molecule has 0 bridgehead atoms. The number of benzene rings is 4. The number of rotatable bonds is 16. The molecule has 0 spiro atoms. The Morgan fingerprint density at radius 2 is 0.561 bits per heavy atom. The molecule has 4 N–H and O–H groups in total. The van der Waals surface area contributed by atoms with Crippen LogP contribution in [0.1, 0.15) is 143 Å². The number of carbonyl (C=O) groups is 4. The van der Waals surface area contributed by atoms with Crippen LogP contribution in [0.15, 0.2) is 72.8 Å². The van der Waals surface area contributed by atoms with Crippen molar-refractivity contribution in [1.82, 2.24) is 0 Å². The van der Waals surface area contributed by atoms with E-state index in [0.29, 0.717) is 47.9 Å². The van der Waals surface area contributed by atoms with E-state index in [-0.39, 0.29) is 67.0 Å². The molecule has 0 saturated heterocycles. The maximum Gasteiger partial charge on any atom is 4.00 e. The largest absolute Gasteiger partial charge is 4.00 e. The number of phenols is 4. The van der Waals surface area contributed by atoms with Crippen LogP contribution >= 0.6 is 0 Å². The summed E-state index contributed by atoms with van der Waals surface area (Å²) in [4.78, 5) is 42.8. The number of hydrogen-bond acceptors (Lipinski definition) is 12. The van der Waals surface area contributed by atoms with E-state index in [2.05, 4.69) is 0 Å². The molecule has 0 aromatic heterocycles. The van der Waals surface area contributed by atoms with E-state index >= 15 is 0 Å². The number of hydrogen-bond donors (Lipinski definition) is 4. The molecule has 0 saturated carbocycles. The van der Waals surface area contributed by atoms with Gasteiger partial charge in [-0.05, 0) is 146 Å². The Balaban J connectivity index is 0.000000729. The van der Waals surface area contributed by atoms with E-state index < -0.39 is 23.9 Å². The van der Waals surface area contributed by atoms with E-state index in [4.69, 9.17) is 0 Å². The second kappa shape index (κ2) is 28.1. The van der Waals surface area contributed by atoms with Gasteiger partial charge in [-0.25, -0.2) is 0 Å². The zero-order valence-corrected chi connectivity index (χ0v) is 34.5. The minimum atomic E-state index is -1.18. The van der Waals surface area contributed by atoms with Gasteiger partial charge in [-0.1, -0.05) is 53.4 Å². The van der Waals surface area contributed by atoms with E-state index in [0.717, 1.165) is 51.4 Å². The fourth-order valence-corrected chi connectivity index (χ4v) is 5.41. The van der Waals surface area contributed by atoms with Gasteiger partial charge in [0.15, 0.2) is 0 Å². The van der Waals surface area contributed by atoms with Gasteiger partial charge in [0, 0.05) is 22.3 Å². The van der Waals surface area contributed by atoms with Gasteiger partial charge >= 0.3 is 21.7 Å². The van der Waals surface area contributed by atoms with Crippen LogP contribution in [0.25, 0.3) is 0 Å². The van der Waals surface area contributed by atoms with Crippen molar-refractivity contribution in [3.05, 3.63) is 117 Å². The number of aromatic hydroxyl groups is 4. The molecule has 12 nitrogen and oxygen atoms in total. The van der Waals surface area contributed by atoms with Crippen molar-refractivity contribution in [2.45, 2.75) is 105 Å². The summed E-state index contributed by atoms with van der Waals surface area (Å²) in [5.41, 5.74) is 3.29. The fraction of sp³-hybridized carbons (Fsp3) is 0.364. The first-order valence-electron chi connectivity index (χ1n) is 18.7. The molecule has 0 heterocycles. The number of unbranched alkanes of at least 4 members (excludes halogenated alkanes) is 4. The third-order valence-electron chi connectivity index (χ3n) is 8.43. The summed E-state index contributed by atoms with van der Waals surface area (Å²) in [7, 11) is 0. The van der Waals surface area contributed by atoms with Gasteiger partial charge in [-0.3, -0.25) is 0 Å². The Morgan fingerprint density at radius 1 is 0.386 bits per heavy atom. The van der Waals surface area contributed by atoms with Crippen molar-refractivity contribution in [3.8, 4) is 23.0 Å². The molecule has 0 radical (unpaired) electrons. The molecule has 0 amide bonds. The smallest absolute Gasteiger partial charge is 0.545 e. The third-order valence-corrected chi connectivity index (χ3v) is 8.43. The van der Waals surface area contributed by atoms with Crippen LogP contribution in [0.4, 0.5) is 0 Å². The van der Waals surface area contributed by atoms with E-state index in [1.165, 1.54) is 72.8 Å². The molecular formula is C44H52O12Ti. The number of carbonyl (C=O) groups excluding carboxylic acids is 4. The van der Waals surface area contributed by atoms with Crippen molar-refractivity contribution < 1.29 is 81.7 Å². The molecule has 0 atom stereocenters. The van der Waals surface area contributed by atoms with Gasteiger partial charge < -0.3 is 60.0 Å². The average molecular weight is 821 g/mol. The quantitative estimate of drug-likeness (QED) is 0.115. The van der Waals surface area contributed by atoms with Crippen LogP contribution in [0.5, 0.6) is 23.0 Å². The number of aromatic carboxylic acids is 4. The van der Waals surface area contributed by atoms with Gasteiger partial charge in [0.1, 0.15) is 23.0 Å². The fourth-order valence-electron chi connectivity index (χ4n) is 5.41. The third kappa shape index (κ3) is 19.4. The molecule has 4 rings (SSSR count). The van der Waals surface area contributed by atoms with Crippen LogP contribution in [-0.4, -0.2) is 44.3 Å². The first-order valence-corrected chi connectivity index (χ1v) is 18.7. The summed E-state index contributed by atoms with van der Waals surface area (Å²) in [6.07, 6.45) is 10.2. The van der Waals surface area contributed by atoms with Crippen molar-refractivity contribution >= 4 is 23.9 Å². The first-order chi connectivity index (χ1) is 26.6. The Labute approximate surface area is 349 Å². The van der Waals surface area contributed by atoms with Crippen LogP contribution in [0.3, 0.4) is 0 Å². The summed E-state index contributed by atoms with van der Waals surface area (Å²) in [5, 5.41) is 79.6. The average Bonchev–Trinajstić information content (AvgIpc) is 3.15. The number of aryl methyl sites for hydroxylation is 4. The predicted molar refractivity (Wildman–Crippen MR) is 204 cm³/mol. The molecular weight excluding hydrogens is 768 g/mol. The molecule has 0 fully saturated rings. The Kier molecular flexibility index (Phi) is 25.5. The minimum Gasteiger partial charge on any atom is -0.545 e. The van der Waals surface area contributed by atoms with Crippen LogP contribution < -0.4 is 20.4 Å². The molecule has 4 aromatic rings. The maximum atomic E-state index is 10.7. The Hall–Kier alpha value is -5.33. The summed E-state index contributed by atoms with van der Waals surface area (Å²) in [5.74, 6) is -4.34. The summed E-state index contributed by atoms with van der Waals surface area (Å²) in [6, 6.07) is 16.9. The maximum absolute atomic E-state index is 10.7. The standard InChI is InChI=1S/4C11H14O3.Ti/c4*1-2-3-4-8-7-9(12)5-6-10(8)11(13)14;/h4*5-7,12H,2-4H2,1H3,(H,13,14);/q;;;;+4/p-4. The van der Waals surface area contributed by atoms with Crippen molar-refractivity contribution in [2.24, 2.45) is 0 Å². The zero-order chi connectivity index (χ0) is 42.2. The molecule has 0 aliphatic carbocycles. The number of carboxylic acid groups (broad SMARTS) is 4. The topological polar surface area (TPSA) is 241 Å². The Bertz CT molecular complexity index is 1600. The van der Waals surface area contributed by atoms with Gasteiger partial charge in [0.25, 0.3) is 0 Å². The monoisotopic (exact) mass is 820 g/mol. The second-order valence-corrected chi connectivity index (χ2v) is 12.9. The van der Waals surface area contributed by atoms with Gasteiger partial charge in [-0.15, -0.1) is 0 Å². The van der Waals surface area contributed by atoms with Crippen LogP contribution in [-0.2, 0) is 47.4 Å². The van der Waals surface area contributed by atoms with Gasteiger partial charge in [0.2, 0.25) is 0 Å². The molecule has 57 heavy (non-hydrogen) atoms. The van der Waals surface area contributed by atoms with Crippen molar-refractivity contribution in [3.63, 3.8) is 0 Å². The molecule has 0 aliphatic heterocycles. The molecule has 4 aromatic carbocycles. The summed E-state index contributed by atoms with van der Waals surface area (Å²) in [6.45, 7) is 8.12. The van der Waals surface area contributed by atoms with Crippen LogP contribution in [0.2, 0.25) is 0 Å². The van der Waals surface area contributed by atoms with Crippen molar-refractivity contribution in [1.29, 1.82) is 0 Å².